The second-order valence-corrected chi connectivity index (χ2v) is 3.78. The minimum atomic E-state index is -0.527. The van der Waals surface area contributed by atoms with Gasteiger partial charge >= 0.3 is 0 Å². The van der Waals surface area contributed by atoms with Crippen LogP contribution in [0.1, 0.15) is 18.9 Å². The number of rotatable bonds is 5. The van der Waals surface area contributed by atoms with Crippen LogP contribution in [0.4, 0.5) is 5.69 Å². The van der Waals surface area contributed by atoms with Gasteiger partial charge in [-0.15, -0.1) is 0 Å². The first-order valence-electron chi connectivity index (χ1n) is 5.73. The zero-order chi connectivity index (χ0) is 14.3. The standard InChI is InChI=1S/C13H13N3O3/c1-2-6-15-13(17)11(9-14)7-10-4-3-5-12(8-10)16(18)19/h3-5,7-8H,2,6H2,1H3,(H,15,17)/b11-7+. The summed E-state index contributed by atoms with van der Waals surface area (Å²) in [4.78, 5) is 21.7. The molecule has 6 heteroatoms. The number of carbonyl (C=O) groups is 1. The number of hydrogen-bond acceptors (Lipinski definition) is 4. The number of carbonyl (C=O) groups excluding carboxylic acids is 1. The molecular weight excluding hydrogens is 246 g/mol. The third-order valence-electron chi connectivity index (χ3n) is 2.29. The van der Waals surface area contributed by atoms with E-state index < -0.39 is 10.8 Å². The lowest BCUT2D eigenvalue weighted by atomic mass is 10.1. The molecule has 1 aromatic rings. The van der Waals surface area contributed by atoms with Crippen LogP contribution >= 0.6 is 0 Å². The highest BCUT2D eigenvalue weighted by atomic mass is 16.6. The molecule has 1 N–H and O–H groups in total. The van der Waals surface area contributed by atoms with Crippen molar-refractivity contribution in [1.29, 1.82) is 5.26 Å². The Balaban J connectivity index is 2.98. The summed E-state index contributed by atoms with van der Waals surface area (Å²) in [5.41, 5.74) is 0.284. The third kappa shape index (κ3) is 4.24. The van der Waals surface area contributed by atoms with Crippen LogP contribution in [0.2, 0.25) is 0 Å². The maximum Gasteiger partial charge on any atom is 0.270 e. The lowest BCUT2D eigenvalue weighted by Gasteiger charge is -2.01. The molecule has 0 spiro atoms. The van der Waals surface area contributed by atoms with Crippen molar-refractivity contribution in [3.63, 3.8) is 0 Å². The molecule has 1 aromatic carbocycles. The SMILES string of the molecule is CCCNC(=O)/C(C#N)=C/c1cccc([N+](=O)[O-])c1. The number of nitro groups is 1. The van der Waals surface area contributed by atoms with E-state index in [9.17, 15) is 14.9 Å². The molecule has 1 amide bonds. The summed E-state index contributed by atoms with van der Waals surface area (Å²) >= 11 is 0. The average molecular weight is 259 g/mol. The zero-order valence-electron chi connectivity index (χ0n) is 10.4. The van der Waals surface area contributed by atoms with Gasteiger partial charge in [0.25, 0.3) is 11.6 Å². The quantitative estimate of drug-likeness (QED) is 0.378. The van der Waals surface area contributed by atoms with Crippen molar-refractivity contribution >= 4 is 17.7 Å². The molecule has 0 unspecified atom stereocenters. The summed E-state index contributed by atoms with van der Waals surface area (Å²) in [6.45, 7) is 2.38. The van der Waals surface area contributed by atoms with Crippen molar-refractivity contribution in [3.8, 4) is 6.07 Å². The van der Waals surface area contributed by atoms with Gasteiger partial charge in [0, 0.05) is 18.7 Å². The van der Waals surface area contributed by atoms with E-state index in [1.165, 1.54) is 24.3 Å². The average Bonchev–Trinajstić information content (AvgIpc) is 2.42. The normalized spacial score (nSPS) is 10.6. The maximum absolute atomic E-state index is 11.6. The molecule has 0 saturated carbocycles. The lowest BCUT2D eigenvalue weighted by Crippen LogP contribution is -2.25. The Labute approximate surface area is 110 Å². The van der Waals surface area contributed by atoms with E-state index in [1.54, 1.807) is 12.1 Å². The van der Waals surface area contributed by atoms with Crippen LogP contribution < -0.4 is 5.32 Å². The molecule has 0 heterocycles. The van der Waals surface area contributed by atoms with Crippen molar-refractivity contribution in [1.82, 2.24) is 5.32 Å². The summed E-state index contributed by atoms with van der Waals surface area (Å²) in [5.74, 6) is -0.476. The summed E-state index contributed by atoms with van der Waals surface area (Å²) in [7, 11) is 0. The molecule has 6 nitrogen and oxygen atoms in total. The number of non-ortho nitro benzene ring substituents is 1. The minimum absolute atomic E-state index is 0.0750. The summed E-state index contributed by atoms with van der Waals surface area (Å²) in [6, 6.07) is 7.54. The van der Waals surface area contributed by atoms with E-state index in [0.29, 0.717) is 12.1 Å². The molecule has 98 valence electrons. The lowest BCUT2D eigenvalue weighted by molar-refractivity contribution is -0.384. The second-order valence-electron chi connectivity index (χ2n) is 3.78. The van der Waals surface area contributed by atoms with Gasteiger partial charge in [-0.05, 0) is 18.1 Å². The van der Waals surface area contributed by atoms with Crippen LogP contribution in [-0.4, -0.2) is 17.4 Å². The number of nitrogens with one attached hydrogen (secondary N) is 1. The fourth-order valence-corrected chi connectivity index (χ4v) is 1.38. The highest BCUT2D eigenvalue weighted by molar-refractivity contribution is 6.01. The molecule has 0 aromatic heterocycles. The van der Waals surface area contributed by atoms with E-state index in [4.69, 9.17) is 5.26 Å². The Kier molecular flexibility index (Phi) is 5.23. The number of benzene rings is 1. The number of nitriles is 1. The highest BCUT2D eigenvalue weighted by Gasteiger charge is 2.09. The van der Waals surface area contributed by atoms with Gasteiger partial charge in [0.1, 0.15) is 11.6 Å². The van der Waals surface area contributed by atoms with Gasteiger partial charge in [0.15, 0.2) is 0 Å². The van der Waals surface area contributed by atoms with E-state index >= 15 is 0 Å². The summed E-state index contributed by atoms with van der Waals surface area (Å²) in [5, 5.41) is 22.1. The molecule has 0 aliphatic carbocycles. The van der Waals surface area contributed by atoms with Gasteiger partial charge < -0.3 is 5.32 Å². The molecule has 1 rings (SSSR count). The van der Waals surface area contributed by atoms with Crippen LogP contribution in [0.25, 0.3) is 6.08 Å². The van der Waals surface area contributed by atoms with Crippen LogP contribution in [0, 0.1) is 21.4 Å². The Hall–Kier alpha value is -2.68. The molecule has 0 saturated heterocycles. The first-order valence-corrected chi connectivity index (χ1v) is 5.73. The van der Waals surface area contributed by atoms with Gasteiger partial charge in [-0.3, -0.25) is 14.9 Å². The third-order valence-corrected chi connectivity index (χ3v) is 2.29. The number of amides is 1. The van der Waals surface area contributed by atoms with Gasteiger partial charge in [-0.25, -0.2) is 0 Å². The van der Waals surface area contributed by atoms with E-state index in [-0.39, 0.29) is 11.3 Å². The monoisotopic (exact) mass is 259 g/mol. The Bertz CT molecular complexity index is 558. The number of nitrogens with zero attached hydrogens (tertiary/aromatic N) is 2. The molecule has 0 radical (unpaired) electrons. The maximum atomic E-state index is 11.6. The predicted octanol–water partition coefficient (Wildman–Crippen LogP) is 2.03. The van der Waals surface area contributed by atoms with Gasteiger partial charge in [0.05, 0.1) is 4.92 Å². The Morgan fingerprint density at radius 2 is 2.32 bits per heavy atom. The van der Waals surface area contributed by atoms with Crippen molar-refractivity contribution in [2.75, 3.05) is 6.54 Å². The Morgan fingerprint density at radius 1 is 1.58 bits per heavy atom. The van der Waals surface area contributed by atoms with Gasteiger partial charge in [-0.1, -0.05) is 19.1 Å². The second kappa shape index (κ2) is 6.91. The highest BCUT2D eigenvalue weighted by Crippen LogP contribution is 2.15. The van der Waals surface area contributed by atoms with Crippen LogP contribution in [0.15, 0.2) is 29.8 Å². The zero-order valence-corrected chi connectivity index (χ0v) is 10.4. The van der Waals surface area contributed by atoms with E-state index in [1.807, 2.05) is 6.92 Å². The molecule has 0 aliphatic rings. The topological polar surface area (TPSA) is 96.0 Å². The van der Waals surface area contributed by atoms with Crippen LogP contribution in [0.5, 0.6) is 0 Å². The van der Waals surface area contributed by atoms with Crippen molar-refractivity contribution in [2.24, 2.45) is 0 Å². The first-order chi connectivity index (χ1) is 9.08. The number of nitro benzene ring substituents is 1. The van der Waals surface area contributed by atoms with Crippen molar-refractivity contribution in [2.45, 2.75) is 13.3 Å². The van der Waals surface area contributed by atoms with Gasteiger partial charge in [-0.2, -0.15) is 5.26 Å². The van der Waals surface area contributed by atoms with E-state index in [2.05, 4.69) is 5.32 Å². The van der Waals surface area contributed by atoms with Crippen molar-refractivity contribution in [3.05, 3.63) is 45.5 Å². The Morgan fingerprint density at radius 3 is 2.89 bits per heavy atom. The van der Waals surface area contributed by atoms with Crippen molar-refractivity contribution < 1.29 is 9.72 Å². The fourth-order valence-electron chi connectivity index (χ4n) is 1.38. The molecule has 0 atom stereocenters. The van der Waals surface area contributed by atoms with Crippen LogP contribution in [-0.2, 0) is 4.79 Å². The first kappa shape index (κ1) is 14.4. The smallest absolute Gasteiger partial charge is 0.270 e. The van der Waals surface area contributed by atoms with Gasteiger partial charge in [0.2, 0.25) is 0 Å². The molecule has 0 bridgehead atoms. The molecular formula is C13H13N3O3. The number of hydrogen-bond donors (Lipinski definition) is 1. The van der Waals surface area contributed by atoms with E-state index in [0.717, 1.165) is 6.42 Å². The summed E-state index contributed by atoms with van der Waals surface area (Å²) in [6.07, 6.45) is 2.10. The fraction of sp³-hybridized carbons (Fsp3) is 0.231. The predicted molar refractivity (Wildman–Crippen MR) is 70.0 cm³/mol. The van der Waals surface area contributed by atoms with Crippen LogP contribution in [0.3, 0.4) is 0 Å². The summed E-state index contributed by atoms with van der Waals surface area (Å²) < 4.78 is 0. The molecule has 0 aliphatic heterocycles. The molecule has 19 heavy (non-hydrogen) atoms. The minimum Gasteiger partial charge on any atom is -0.351 e. The largest absolute Gasteiger partial charge is 0.351 e. The molecule has 0 fully saturated rings.